The lowest BCUT2D eigenvalue weighted by atomic mass is 10.1. The number of rotatable bonds is 5. The lowest BCUT2D eigenvalue weighted by molar-refractivity contribution is 0.0984. The van der Waals surface area contributed by atoms with Gasteiger partial charge in [0.15, 0.2) is 0 Å². The van der Waals surface area contributed by atoms with E-state index >= 15 is 0 Å². The Balaban J connectivity index is 0.00000264. The van der Waals surface area contributed by atoms with Crippen LogP contribution in [0.2, 0.25) is 0 Å². The predicted molar refractivity (Wildman–Crippen MR) is 107 cm³/mol. The van der Waals surface area contributed by atoms with E-state index in [9.17, 15) is 4.79 Å². The van der Waals surface area contributed by atoms with Crippen LogP contribution in [0.25, 0.3) is 0 Å². The quantitative estimate of drug-likeness (QED) is 0.818. The molecule has 1 amide bonds. The first-order valence-corrected chi connectivity index (χ1v) is 7.37. The first kappa shape index (κ1) is 22.2. The van der Waals surface area contributed by atoms with Gasteiger partial charge in [0.1, 0.15) is 0 Å². The van der Waals surface area contributed by atoms with E-state index in [4.69, 9.17) is 5.73 Å². The van der Waals surface area contributed by atoms with Gasteiger partial charge in [0.05, 0.1) is 0 Å². The zero-order valence-electron chi connectivity index (χ0n) is 14.2. The average Bonchev–Trinajstić information content (AvgIpc) is 2.50. The van der Waals surface area contributed by atoms with Gasteiger partial charge in [-0.2, -0.15) is 0 Å². The van der Waals surface area contributed by atoms with Gasteiger partial charge in [0.25, 0.3) is 5.91 Å². The summed E-state index contributed by atoms with van der Waals surface area (Å²) in [6.07, 6.45) is 0. The van der Waals surface area contributed by atoms with Gasteiger partial charge in [-0.05, 0) is 50.8 Å². The number of hydrogen-bond acceptors (Lipinski definition) is 3. The molecule has 2 aromatic carbocycles. The van der Waals surface area contributed by atoms with Crippen LogP contribution in [0.5, 0.6) is 0 Å². The van der Waals surface area contributed by atoms with Crippen molar-refractivity contribution in [3.8, 4) is 0 Å². The molecule has 0 saturated heterocycles. The van der Waals surface area contributed by atoms with Crippen LogP contribution in [0.15, 0.2) is 48.5 Å². The number of nitrogens with zero attached hydrogens (tertiary/aromatic N) is 2. The Morgan fingerprint density at radius 3 is 2.21 bits per heavy atom. The Bertz CT molecular complexity index is 648. The molecule has 0 bridgehead atoms. The number of carbonyl (C=O) groups excluding carboxylic acids is 1. The van der Waals surface area contributed by atoms with Crippen molar-refractivity contribution in [1.29, 1.82) is 0 Å². The molecule has 0 unspecified atom stereocenters. The van der Waals surface area contributed by atoms with E-state index in [1.807, 2.05) is 68.4 Å². The van der Waals surface area contributed by atoms with Crippen LogP contribution in [0, 0.1) is 6.92 Å². The summed E-state index contributed by atoms with van der Waals surface area (Å²) in [6, 6.07) is 15.2. The number of benzene rings is 2. The maximum Gasteiger partial charge on any atom is 0.258 e. The topological polar surface area (TPSA) is 49.6 Å². The van der Waals surface area contributed by atoms with Gasteiger partial charge in [-0.15, -0.1) is 24.8 Å². The molecule has 0 aliphatic carbocycles. The number of halogens is 2. The first-order valence-electron chi connectivity index (χ1n) is 7.37. The number of amides is 1. The maximum absolute atomic E-state index is 13.0. The molecule has 0 aliphatic heterocycles. The van der Waals surface area contributed by atoms with Gasteiger partial charge in [-0.3, -0.25) is 4.79 Å². The fourth-order valence-electron chi connectivity index (χ4n) is 2.27. The van der Waals surface area contributed by atoms with Crippen LogP contribution in [0.4, 0.5) is 11.4 Å². The number of aryl methyl sites for hydroxylation is 1. The molecule has 4 nitrogen and oxygen atoms in total. The van der Waals surface area contributed by atoms with Crippen LogP contribution in [-0.4, -0.2) is 38.0 Å². The highest BCUT2D eigenvalue weighted by molar-refractivity contribution is 6.07. The highest BCUT2D eigenvalue weighted by atomic mass is 35.5. The van der Waals surface area contributed by atoms with Crippen molar-refractivity contribution in [1.82, 2.24) is 4.90 Å². The summed E-state index contributed by atoms with van der Waals surface area (Å²) in [6.45, 7) is 3.36. The molecule has 2 rings (SSSR count). The van der Waals surface area contributed by atoms with Crippen LogP contribution >= 0.6 is 24.8 Å². The maximum atomic E-state index is 13.0. The molecule has 0 radical (unpaired) electrons. The fraction of sp³-hybridized carbons (Fsp3) is 0.278. The van der Waals surface area contributed by atoms with E-state index in [-0.39, 0.29) is 30.7 Å². The van der Waals surface area contributed by atoms with Gasteiger partial charge < -0.3 is 15.5 Å². The van der Waals surface area contributed by atoms with Gasteiger partial charge >= 0.3 is 0 Å². The van der Waals surface area contributed by atoms with Crippen LogP contribution < -0.4 is 10.6 Å². The van der Waals surface area contributed by atoms with E-state index in [1.165, 1.54) is 0 Å². The Hall–Kier alpha value is -1.75. The Labute approximate surface area is 156 Å². The molecule has 0 aromatic heterocycles. The molecular formula is C18H25Cl2N3O. The lowest BCUT2D eigenvalue weighted by Gasteiger charge is -2.25. The van der Waals surface area contributed by atoms with E-state index < -0.39 is 0 Å². The molecule has 0 fully saturated rings. The summed E-state index contributed by atoms with van der Waals surface area (Å²) in [5.74, 6) is -0.0159. The zero-order valence-corrected chi connectivity index (χ0v) is 15.9. The molecule has 132 valence electrons. The Kier molecular flexibility index (Phi) is 9.44. The first-order chi connectivity index (χ1) is 10.5. The zero-order chi connectivity index (χ0) is 16.1. The average molecular weight is 370 g/mol. The van der Waals surface area contributed by atoms with E-state index in [2.05, 4.69) is 4.90 Å². The van der Waals surface area contributed by atoms with Gasteiger partial charge in [-0.1, -0.05) is 24.3 Å². The van der Waals surface area contributed by atoms with Crippen LogP contribution in [0.3, 0.4) is 0 Å². The van der Waals surface area contributed by atoms with Crippen LogP contribution in [-0.2, 0) is 0 Å². The van der Waals surface area contributed by atoms with Crippen molar-refractivity contribution in [2.24, 2.45) is 0 Å². The summed E-state index contributed by atoms with van der Waals surface area (Å²) in [7, 11) is 4.00. The molecule has 24 heavy (non-hydrogen) atoms. The second kappa shape index (κ2) is 10.2. The molecule has 0 heterocycles. The van der Waals surface area contributed by atoms with Crippen molar-refractivity contribution in [3.63, 3.8) is 0 Å². The minimum absolute atomic E-state index is 0. The number of nitrogen functional groups attached to an aromatic ring is 1. The second-order valence-corrected chi connectivity index (χ2v) is 5.67. The molecule has 0 aliphatic rings. The minimum atomic E-state index is -0.0159. The van der Waals surface area contributed by atoms with E-state index in [0.717, 1.165) is 17.8 Å². The third-order valence-electron chi connectivity index (χ3n) is 3.58. The number of nitrogens with two attached hydrogens (primary N) is 1. The molecule has 6 heteroatoms. The highest BCUT2D eigenvalue weighted by Gasteiger charge is 2.19. The van der Waals surface area contributed by atoms with Crippen molar-refractivity contribution in [2.45, 2.75) is 6.92 Å². The lowest BCUT2D eigenvalue weighted by Crippen LogP contribution is -2.37. The number of likely N-dealkylation sites (N-methyl/N-ethyl adjacent to an activating group) is 1. The number of anilines is 2. The Morgan fingerprint density at radius 2 is 1.62 bits per heavy atom. The monoisotopic (exact) mass is 369 g/mol. The fourth-order valence-corrected chi connectivity index (χ4v) is 2.27. The van der Waals surface area contributed by atoms with Crippen molar-refractivity contribution < 1.29 is 4.79 Å². The molecule has 0 saturated carbocycles. The summed E-state index contributed by atoms with van der Waals surface area (Å²) < 4.78 is 0. The van der Waals surface area contributed by atoms with Gasteiger partial charge in [-0.25, -0.2) is 0 Å². The third kappa shape index (κ3) is 5.71. The smallest absolute Gasteiger partial charge is 0.258 e. The summed E-state index contributed by atoms with van der Waals surface area (Å²) in [5.41, 5.74) is 8.94. The highest BCUT2D eigenvalue weighted by Crippen LogP contribution is 2.20. The molecular weight excluding hydrogens is 345 g/mol. The molecule has 2 N–H and O–H groups in total. The van der Waals surface area contributed by atoms with E-state index in [0.29, 0.717) is 17.8 Å². The largest absolute Gasteiger partial charge is 0.399 e. The second-order valence-electron chi connectivity index (χ2n) is 5.67. The standard InChI is InChI=1S/C18H23N3O.2ClH/c1-14-9-10-15(19)13-17(14)18(22)21(12-11-20(2)3)16-7-5-4-6-8-16;;/h4-10,13H,11-12,19H2,1-3H3;2*1H. The number of hydrogen-bond donors (Lipinski definition) is 1. The number of para-hydroxylation sites is 1. The molecule has 2 aromatic rings. The third-order valence-corrected chi connectivity index (χ3v) is 3.58. The minimum Gasteiger partial charge on any atom is -0.399 e. The number of carbonyl (C=O) groups is 1. The summed E-state index contributed by atoms with van der Waals surface area (Å²) >= 11 is 0. The Morgan fingerprint density at radius 1 is 1.00 bits per heavy atom. The van der Waals surface area contributed by atoms with Gasteiger partial charge in [0, 0.05) is 30.0 Å². The van der Waals surface area contributed by atoms with Gasteiger partial charge in [0.2, 0.25) is 0 Å². The molecule has 0 spiro atoms. The molecule has 0 atom stereocenters. The predicted octanol–water partition coefficient (Wildman–Crippen LogP) is 3.63. The van der Waals surface area contributed by atoms with Crippen molar-refractivity contribution in [3.05, 3.63) is 59.7 Å². The van der Waals surface area contributed by atoms with Crippen LogP contribution in [0.1, 0.15) is 15.9 Å². The normalized spacial score (nSPS) is 9.83. The SMILES string of the molecule is Cc1ccc(N)cc1C(=O)N(CCN(C)C)c1ccccc1.Cl.Cl. The van der Waals surface area contributed by atoms with E-state index in [1.54, 1.807) is 6.07 Å². The van der Waals surface area contributed by atoms with Crippen molar-refractivity contribution in [2.75, 3.05) is 37.8 Å². The summed E-state index contributed by atoms with van der Waals surface area (Å²) in [4.78, 5) is 16.9. The summed E-state index contributed by atoms with van der Waals surface area (Å²) in [5, 5.41) is 0. The van der Waals surface area contributed by atoms with Crippen molar-refractivity contribution >= 4 is 42.1 Å².